The standard InChI is InChI=1S/C17H16O/c1-11-8-12(2)17-14(10-16(18)15(17)9-11)13-6-4-3-5-7-13/h3-9,14H,10H2,1-2H3. The monoisotopic (exact) mass is 236 g/mol. The van der Waals surface area contributed by atoms with Crippen LogP contribution in [0, 0.1) is 13.8 Å². The lowest BCUT2D eigenvalue weighted by molar-refractivity contribution is 0.0991. The third kappa shape index (κ3) is 1.67. The van der Waals surface area contributed by atoms with Gasteiger partial charge in [0, 0.05) is 17.9 Å². The Morgan fingerprint density at radius 1 is 1.06 bits per heavy atom. The first-order valence-corrected chi connectivity index (χ1v) is 6.36. The molecule has 0 bridgehead atoms. The molecule has 1 aliphatic rings. The molecule has 1 atom stereocenters. The molecule has 0 aliphatic heterocycles. The van der Waals surface area contributed by atoms with Crippen molar-refractivity contribution in [3.05, 3.63) is 70.3 Å². The van der Waals surface area contributed by atoms with Gasteiger partial charge in [0.05, 0.1) is 0 Å². The molecule has 3 rings (SSSR count). The SMILES string of the molecule is Cc1cc(C)c2c(c1)C(=O)CC2c1ccccc1. The van der Waals surface area contributed by atoms with Crippen LogP contribution in [0.1, 0.15) is 45.0 Å². The molecule has 18 heavy (non-hydrogen) atoms. The van der Waals surface area contributed by atoms with Crippen molar-refractivity contribution in [2.75, 3.05) is 0 Å². The zero-order chi connectivity index (χ0) is 12.7. The van der Waals surface area contributed by atoms with Gasteiger partial charge in [0.15, 0.2) is 5.78 Å². The fourth-order valence-corrected chi connectivity index (χ4v) is 3.04. The van der Waals surface area contributed by atoms with E-state index in [1.807, 2.05) is 24.3 Å². The molecule has 0 saturated heterocycles. The van der Waals surface area contributed by atoms with Crippen molar-refractivity contribution < 1.29 is 4.79 Å². The Balaban J connectivity index is 2.18. The van der Waals surface area contributed by atoms with Gasteiger partial charge in [-0.05, 0) is 36.6 Å². The van der Waals surface area contributed by atoms with Crippen molar-refractivity contribution in [1.29, 1.82) is 0 Å². The van der Waals surface area contributed by atoms with Crippen molar-refractivity contribution in [2.45, 2.75) is 26.2 Å². The number of aryl methyl sites for hydroxylation is 2. The van der Waals surface area contributed by atoms with Gasteiger partial charge in [-0.15, -0.1) is 0 Å². The van der Waals surface area contributed by atoms with Crippen LogP contribution in [-0.2, 0) is 0 Å². The van der Waals surface area contributed by atoms with E-state index >= 15 is 0 Å². The van der Waals surface area contributed by atoms with Crippen LogP contribution >= 0.6 is 0 Å². The summed E-state index contributed by atoms with van der Waals surface area (Å²) in [4.78, 5) is 12.2. The lowest BCUT2D eigenvalue weighted by atomic mass is 9.89. The summed E-state index contributed by atoms with van der Waals surface area (Å²) in [6.45, 7) is 4.16. The molecule has 1 nitrogen and oxygen atoms in total. The number of carbonyl (C=O) groups is 1. The second-order valence-electron chi connectivity index (χ2n) is 5.13. The highest BCUT2D eigenvalue weighted by molar-refractivity contribution is 6.02. The van der Waals surface area contributed by atoms with E-state index in [1.165, 1.54) is 22.3 Å². The molecule has 2 aromatic carbocycles. The zero-order valence-corrected chi connectivity index (χ0v) is 10.7. The second-order valence-corrected chi connectivity index (χ2v) is 5.13. The van der Waals surface area contributed by atoms with Crippen molar-refractivity contribution in [3.63, 3.8) is 0 Å². The molecule has 2 aromatic rings. The Morgan fingerprint density at radius 3 is 2.50 bits per heavy atom. The third-order valence-corrected chi connectivity index (χ3v) is 3.77. The predicted molar refractivity (Wildman–Crippen MR) is 73.1 cm³/mol. The van der Waals surface area contributed by atoms with Crippen LogP contribution in [0.2, 0.25) is 0 Å². The Bertz CT molecular complexity index is 611. The van der Waals surface area contributed by atoms with Gasteiger partial charge in [-0.3, -0.25) is 4.79 Å². The number of hydrogen-bond donors (Lipinski definition) is 0. The summed E-state index contributed by atoms with van der Waals surface area (Å²) in [7, 11) is 0. The van der Waals surface area contributed by atoms with Crippen LogP contribution in [0.25, 0.3) is 0 Å². The van der Waals surface area contributed by atoms with Crippen LogP contribution < -0.4 is 0 Å². The van der Waals surface area contributed by atoms with Gasteiger partial charge in [-0.1, -0.05) is 42.0 Å². The summed E-state index contributed by atoms with van der Waals surface area (Å²) in [6.07, 6.45) is 0.615. The largest absolute Gasteiger partial charge is 0.294 e. The minimum Gasteiger partial charge on any atom is -0.294 e. The van der Waals surface area contributed by atoms with Gasteiger partial charge >= 0.3 is 0 Å². The summed E-state index contributed by atoms with van der Waals surface area (Å²) in [5.41, 5.74) is 5.83. The quantitative estimate of drug-likeness (QED) is 0.730. The van der Waals surface area contributed by atoms with E-state index in [9.17, 15) is 4.79 Å². The molecule has 0 fully saturated rings. The van der Waals surface area contributed by atoms with Crippen LogP contribution in [0.3, 0.4) is 0 Å². The summed E-state index contributed by atoms with van der Waals surface area (Å²) in [5.74, 6) is 0.528. The summed E-state index contributed by atoms with van der Waals surface area (Å²) >= 11 is 0. The maximum Gasteiger partial charge on any atom is 0.164 e. The van der Waals surface area contributed by atoms with E-state index in [2.05, 4.69) is 32.0 Å². The molecule has 0 amide bonds. The van der Waals surface area contributed by atoms with E-state index in [4.69, 9.17) is 0 Å². The van der Waals surface area contributed by atoms with Crippen LogP contribution in [-0.4, -0.2) is 5.78 Å². The van der Waals surface area contributed by atoms with Gasteiger partial charge in [-0.25, -0.2) is 0 Å². The minimum absolute atomic E-state index is 0.245. The first-order valence-electron chi connectivity index (χ1n) is 6.36. The molecular weight excluding hydrogens is 220 g/mol. The number of benzene rings is 2. The minimum atomic E-state index is 0.245. The number of Topliss-reactive ketones (excluding diaryl/α,β-unsaturated/α-hetero) is 1. The molecule has 1 unspecified atom stereocenters. The van der Waals surface area contributed by atoms with E-state index in [0.717, 1.165) is 5.56 Å². The van der Waals surface area contributed by atoms with Gasteiger partial charge in [-0.2, -0.15) is 0 Å². The topological polar surface area (TPSA) is 17.1 Å². The smallest absolute Gasteiger partial charge is 0.164 e. The number of ketones is 1. The molecular formula is C17H16O. The first kappa shape index (κ1) is 11.2. The average molecular weight is 236 g/mol. The first-order chi connectivity index (χ1) is 8.66. The van der Waals surface area contributed by atoms with Crippen molar-refractivity contribution in [1.82, 2.24) is 0 Å². The molecule has 0 radical (unpaired) electrons. The van der Waals surface area contributed by atoms with Crippen molar-refractivity contribution >= 4 is 5.78 Å². The average Bonchev–Trinajstić information content (AvgIpc) is 2.68. The summed E-state index contributed by atoms with van der Waals surface area (Å²) < 4.78 is 0. The molecule has 0 saturated carbocycles. The maximum atomic E-state index is 12.2. The zero-order valence-electron chi connectivity index (χ0n) is 10.7. The highest BCUT2D eigenvalue weighted by Crippen LogP contribution is 2.40. The fourth-order valence-electron chi connectivity index (χ4n) is 3.04. The van der Waals surface area contributed by atoms with E-state index in [0.29, 0.717) is 6.42 Å². The molecule has 0 heterocycles. The maximum absolute atomic E-state index is 12.2. The highest BCUT2D eigenvalue weighted by Gasteiger charge is 2.31. The Morgan fingerprint density at radius 2 is 1.78 bits per heavy atom. The van der Waals surface area contributed by atoms with Crippen molar-refractivity contribution in [2.24, 2.45) is 0 Å². The Labute approximate surface area is 107 Å². The summed E-state index contributed by atoms with van der Waals surface area (Å²) in [5, 5.41) is 0. The van der Waals surface area contributed by atoms with E-state index < -0.39 is 0 Å². The Kier molecular flexibility index (Phi) is 2.55. The van der Waals surface area contributed by atoms with Gasteiger partial charge in [0.2, 0.25) is 0 Å². The molecule has 1 aliphatic carbocycles. The van der Waals surface area contributed by atoms with E-state index in [1.54, 1.807) is 0 Å². The lowest BCUT2D eigenvalue weighted by Gasteiger charge is -2.14. The number of carbonyl (C=O) groups excluding carboxylic acids is 1. The molecule has 0 aromatic heterocycles. The van der Waals surface area contributed by atoms with Gasteiger partial charge < -0.3 is 0 Å². The lowest BCUT2D eigenvalue weighted by Crippen LogP contribution is -1.98. The van der Waals surface area contributed by atoms with Crippen molar-refractivity contribution in [3.8, 4) is 0 Å². The van der Waals surface area contributed by atoms with E-state index in [-0.39, 0.29) is 11.7 Å². The molecule has 0 N–H and O–H groups in total. The predicted octanol–water partition coefficient (Wildman–Crippen LogP) is 4.02. The van der Waals surface area contributed by atoms with Gasteiger partial charge in [0.25, 0.3) is 0 Å². The summed E-state index contributed by atoms with van der Waals surface area (Å²) in [6, 6.07) is 14.5. The number of rotatable bonds is 1. The Hall–Kier alpha value is -1.89. The van der Waals surface area contributed by atoms with Crippen LogP contribution in [0.15, 0.2) is 42.5 Å². The van der Waals surface area contributed by atoms with Gasteiger partial charge in [0.1, 0.15) is 0 Å². The fraction of sp³-hybridized carbons (Fsp3) is 0.235. The third-order valence-electron chi connectivity index (χ3n) is 3.77. The molecule has 1 heteroatoms. The number of fused-ring (bicyclic) bond motifs is 1. The molecule has 90 valence electrons. The highest BCUT2D eigenvalue weighted by atomic mass is 16.1. The normalized spacial score (nSPS) is 17.9. The molecule has 0 spiro atoms. The van der Waals surface area contributed by atoms with Crippen LogP contribution in [0.4, 0.5) is 0 Å². The number of hydrogen-bond acceptors (Lipinski definition) is 1. The second kappa shape index (κ2) is 4.09. The van der Waals surface area contributed by atoms with Crippen LogP contribution in [0.5, 0.6) is 0 Å².